The molecule has 0 saturated heterocycles. The van der Waals surface area contributed by atoms with Crippen molar-refractivity contribution < 1.29 is 14.5 Å². The van der Waals surface area contributed by atoms with Crippen LogP contribution in [-0.2, 0) is 0 Å². The zero-order chi connectivity index (χ0) is 19.3. The van der Waals surface area contributed by atoms with E-state index in [1.807, 2.05) is 0 Å². The van der Waals surface area contributed by atoms with Gasteiger partial charge in [0.2, 0.25) is 0 Å². The number of nitrogens with one attached hydrogen (secondary N) is 3. The van der Waals surface area contributed by atoms with Crippen molar-refractivity contribution >= 4 is 34.7 Å². The van der Waals surface area contributed by atoms with Crippen LogP contribution in [0.1, 0.15) is 10.4 Å². The molecule has 2 aromatic rings. The monoisotopic (exact) mass is 357 g/mol. The summed E-state index contributed by atoms with van der Waals surface area (Å²) in [5.74, 6) is -0.491. The Balaban J connectivity index is 2.29. The Kier molecular flexibility index (Phi) is 5.74. The van der Waals surface area contributed by atoms with Crippen LogP contribution < -0.4 is 20.9 Å². The van der Waals surface area contributed by atoms with E-state index in [1.165, 1.54) is 25.2 Å². The SMILES string of the molecule is CNC(=O)Nc1cccc(NC(=O)c2cc([N+](=O)[O-])ccc2N(C)C)c1. The van der Waals surface area contributed by atoms with E-state index in [0.717, 1.165) is 0 Å². The highest BCUT2D eigenvalue weighted by Crippen LogP contribution is 2.25. The Hall–Kier alpha value is -3.62. The number of hydrogen-bond donors (Lipinski definition) is 3. The van der Waals surface area contributed by atoms with Crippen molar-refractivity contribution in [2.24, 2.45) is 0 Å². The van der Waals surface area contributed by atoms with Crippen LogP contribution in [0, 0.1) is 10.1 Å². The second kappa shape index (κ2) is 7.97. The summed E-state index contributed by atoms with van der Waals surface area (Å²) in [4.78, 5) is 36.2. The van der Waals surface area contributed by atoms with Crippen molar-refractivity contribution in [3.63, 3.8) is 0 Å². The Morgan fingerprint density at radius 1 is 1.04 bits per heavy atom. The van der Waals surface area contributed by atoms with Gasteiger partial charge in [0, 0.05) is 50.3 Å². The van der Waals surface area contributed by atoms with Crippen molar-refractivity contribution in [1.29, 1.82) is 0 Å². The van der Waals surface area contributed by atoms with Crippen LogP contribution >= 0.6 is 0 Å². The van der Waals surface area contributed by atoms with Crippen molar-refractivity contribution in [2.75, 3.05) is 36.7 Å². The minimum atomic E-state index is -0.551. The fourth-order valence-electron chi connectivity index (χ4n) is 2.28. The normalized spacial score (nSPS) is 9.96. The number of non-ortho nitro benzene ring substituents is 1. The van der Waals surface area contributed by atoms with E-state index < -0.39 is 10.8 Å². The molecule has 0 heterocycles. The molecule has 136 valence electrons. The van der Waals surface area contributed by atoms with Crippen molar-refractivity contribution in [3.05, 3.63) is 58.1 Å². The van der Waals surface area contributed by atoms with Crippen LogP contribution in [0.3, 0.4) is 0 Å². The minimum absolute atomic E-state index is 0.171. The van der Waals surface area contributed by atoms with E-state index >= 15 is 0 Å². The molecular formula is C17H19N5O4. The number of nitrogens with zero attached hydrogens (tertiary/aromatic N) is 2. The third-order valence-electron chi connectivity index (χ3n) is 3.52. The molecule has 0 aromatic heterocycles. The summed E-state index contributed by atoms with van der Waals surface area (Å²) in [7, 11) is 4.98. The van der Waals surface area contributed by atoms with Crippen LogP contribution in [0.2, 0.25) is 0 Å². The highest BCUT2D eigenvalue weighted by atomic mass is 16.6. The van der Waals surface area contributed by atoms with Crippen LogP contribution in [0.5, 0.6) is 0 Å². The van der Waals surface area contributed by atoms with Crippen LogP contribution in [0.25, 0.3) is 0 Å². The molecule has 0 fully saturated rings. The van der Waals surface area contributed by atoms with Crippen molar-refractivity contribution in [1.82, 2.24) is 5.32 Å². The van der Waals surface area contributed by atoms with Gasteiger partial charge in [0.25, 0.3) is 11.6 Å². The maximum absolute atomic E-state index is 12.6. The van der Waals surface area contributed by atoms with Gasteiger partial charge in [-0.15, -0.1) is 0 Å². The number of benzene rings is 2. The highest BCUT2D eigenvalue weighted by molar-refractivity contribution is 6.08. The van der Waals surface area contributed by atoms with E-state index in [1.54, 1.807) is 43.3 Å². The van der Waals surface area contributed by atoms with Gasteiger partial charge >= 0.3 is 6.03 Å². The average molecular weight is 357 g/mol. The summed E-state index contributed by atoms with van der Waals surface area (Å²) >= 11 is 0. The molecule has 0 atom stereocenters. The van der Waals surface area contributed by atoms with E-state index in [9.17, 15) is 19.7 Å². The first kappa shape index (κ1) is 18.7. The quantitative estimate of drug-likeness (QED) is 0.562. The summed E-state index contributed by atoms with van der Waals surface area (Å²) in [5.41, 5.74) is 1.49. The average Bonchev–Trinajstić information content (AvgIpc) is 2.61. The van der Waals surface area contributed by atoms with Crippen LogP contribution in [-0.4, -0.2) is 38.0 Å². The van der Waals surface area contributed by atoms with E-state index in [0.29, 0.717) is 17.1 Å². The van der Waals surface area contributed by atoms with Gasteiger partial charge in [-0.1, -0.05) is 6.07 Å². The van der Waals surface area contributed by atoms with Crippen molar-refractivity contribution in [3.8, 4) is 0 Å². The second-order valence-electron chi connectivity index (χ2n) is 5.59. The Labute approximate surface area is 150 Å². The van der Waals surface area contributed by atoms with E-state index in [4.69, 9.17) is 0 Å². The highest BCUT2D eigenvalue weighted by Gasteiger charge is 2.18. The zero-order valence-corrected chi connectivity index (χ0v) is 14.6. The molecule has 2 rings (SSSR count). The lowest BCUT2D eigenvalue weighted by Gasteiger charge is -2.17. The number of hydrogen-bond acceptors (Lipinski definition) is 5. The number of urea groups is 1. The molecule has 9 heteroatoms. The predicted octanol–water partition coefficient (Wildman–Crippen LogP) is 2.66. The Morgan fingerprint density at radius 3 is 2.27 bits per heavy atom. The summed E-state index contributed by atoms with van der Waals surface area (Å²) in [5, 5.41) is 18.7. The summed E-state index contributed by atoms with van der Waals surface area (Å²) in [6.45, 7) is 0. The molecule has 0 radical (unpaired) electrons. The first-order chi connectivity index (χ1) is 12.3. The third-order valence-corrected chi connectivity index (χ3v) is 3.52. The molecule has 0 aliphatic heterocycles. The topological polar surface area (TPSA) is 117 Å². The molecule has 0 aliphatic carbocycles. The second-order valence-corrected chi connectivity index (χ2v) is 5.59. The van der Waals surface area contributed by atoms with Gasteiger partial charge in [0.1, 0.15) is 0 Å². The molecular weight excluding hydrogens is 338 g/mol. The van der Waals surface area contributed by atoms with Gasteiger partial charge in [0.05, 0.1) is 10.5 Å². The number of amides is 3. The third kappa shape index (κ3) is 4.47. The Morgan fingerprint density at radius 2 is 1.69 bits per heavy atom. The van der Waals surface area contributed by atoms with Gasteiger partial charge in [-0.25, -0.2) is 4.79 Å². The number of rotatable bonds is 5. The minimum Gasteiger partial charge on any atom is -0.377 e. The van der Waals surface area contributed by atoms with E-state index in [2.05, 4.69) is 16.0 Å². The summed E-state index contributed by atoms with van der Waals surface area (Å²) in [6.07, 6.45) is 0. The maximum atomic E-state index is 12.6. The summed E-state index contributed by atoms with van der Waals surface area (Å²) < 4.78 is 0. The number of carbonyl (C=O) groups excluding carboxylic acids is 2. The van der Waals surface area contributed by atoms with E-state index in [-0.39, 0.29) is 17.3 Å². The molecule has 0 bridgehead atoms. The molecule has 3 N–H and O–H groups in total. The van der Waals surface area contributed by atoms with Gasteiger partial charge in [-0.2, -0.15) is 0 Å². The number of carbonyl (C=O) groups is 2. The molecule has 0 spiro atoms. The molecule has 0 saturated carbocycles. The molecule has 9 nitrogen and oxygen atoms in total. The Bertz CT molecular complexity index is 851. The van der Waals surface area contributed by atoms with Gasteiger partial charge in [-0.3, -0.25) is 14.9 Å². The first-order valence-corrected chi connectivity index (χ1v) is 7.67. The van der Waals surface area contributed by atoms with Gasteiger partial charge in [-0.05, 0) is 24.3 Å². The number of anilines is 3. The van der Waals surface area contributed by atoms with Gasteiger partial charge in [0.15, 0.2) is 0 Å². The smallest absolute Gasteiger partial charge is 0.318 e. The lowest BCUT2D eigenvalue weighted by molar-refractivity contribution is -0.384. The fraction of sp³-hybridized carbons (Fsp3) is 0.176. The van der Waals surface area contributed by atoms with Crippen LogP contribution in [0.15, 0.2) is 42.5 Å². The first-order valence-electron chi connectivity index (χ1n) is 7.67. The zero-order valence-electron chi connectivity index (χ0n) is 14.6. The number of nitro benzene ring substituents is 1. The predicted molar refractivity (Wildman–Crippen MR) is 99.9 cm³/mol. The fourth-order valence-corrected chi connectivity index (χ4v) is 2.28. The number of nitro groups is 1. The largest absolute Gasteiger partial charge is 0.377 e. The maximum Gasteiger partial charge on any atom is 0.318 e. The standard InChI is InChI=1S/C17H19N5O4/c1-18-17(24)20-12-6-4-5-11(9-12)19-16(23)14-10-13(22(25)26)7-8-15(14)21(2)3/h4-10H,1-3H3,(H,19,23)(H2,18,20,24). The van der Waals surface area contributed by atoms with Crippen molar-refractivity contribution in [2.45, 2.75) is 0 Å². The van der Waals surface area contributed by atoms with Gasteiger partial charge < -0.3 is 20.9 Å². The summed E-state index contributed by atoms with van der Waals surface area (Å²) in [6, 6.07) is 10.3. The molecule has 2 aromatic carbocycles. The molecule has 3 amide bonds. The molecule has 0 unspecified atom stereocenters. The lowest BCUT2D eigenvalue weighted by Crippen LogP contribution is -2.24. The van der Waals surface area contributed by atoms with Crippen LogP contribution in [0.4, 0.5) is 27.5 Å². The molecule has 0 aliphatic rings. The molecule has 26 heavy (non-hydrogen) atoms. The lowest BCUT2D eigenvalue weighted by atomic mass is 10.1.